The summed E-state index contributed by atoms with van der Waals surface area (Å²) in [5.74, 6) is -2.77. The van der Waals surface area contributed by atoms with Gasteiger partial charge in [0.15, 0.2) is 0 Å². The summed E-state index contributed by atoms with van der Waals surface area (Å²) in [6, 6.07) is -0.740. The van der Waals surface area contributed by atoms with E-state index in [0.29, 0.717) is 12.3 Å². The molecule has 138 valence electrons. The van der Waals surface area contributed by atoms with Crippen molar-refractivity contribution in [2.24, 2.45) is 5.92 Å². The molecule has 0 aromatic carbocycles. The van der Waals surface area contributed by atoms with Crippen molar-refractivity contribution in [1.29, 1.82) is 0 Å². The van der Waals surface area contributed by atoms with E-state index >= 15 is 0 Å². The number of alkyl carbamates (subject to hydrolysis) is 1. The standard InChI is InChI=1S/C17H27F2NO4/c1-23-15(21)14(11-12-5-3-2-4-6-12)20-16(22)24-13-7-9-17(18,19)10-8-13/h12-14H,2-11H2,1H3,(H,20,22)/t14-/m0/s1. The highest BCUT2D eigenvalue weighted by atomic mass is 19.3. The van der Waals surface area contributed by atoms with Crippen LogP contribution in [0.4, 0.5) is 13.6 Å². The van der Waals surface area contributed by atoms with Crippen molar-refractivity contribution >= 4 is 12.1 Å². The lowest BCUT2D eigenvalue weighted by molar-refractivity contribution is -0.143. The van der Waals surface area contributed by atoms with Crippen LogP contribution in [0.1, 0.15) is 64.2 Å². The van der Waals surface area contributed by atoms with Crippen LogP contribution >= 0.6 is 0 Å². The Morgan fingerprint density at radius 1 is 1.12 bits per heavy atom. The largest absolute Gasteiger partial charge is 0.467 e. The first kappa shape index (κ1) is 18.9. The number of hydrogen-bond acceptors (Lipinski definition) is 4. The third kappa shape index (κ3) is 5.91. The number of halogens is 2. The average Bonchev–Trinajstić information content (AvgIpc) is 2.56. The summed E-state index contributed by atoms with van der Waals surface area (Å²) >= 11 is 0. The predicted molar refractivity (Wildman–Crippen MR) is 83.8 cm³/mol. The van der Waals surface area contributed by atoms with Gasteiger partial charge in [0.2, 0.25) is 5.92 Å². The van der Waals surface area contributed by atoms with E-state index in [-0.39, 0.29) is 25.7 Å². The Morgan fingerprint density at radius 2 is 1.75 bits per heavy atom. The van der Waals surface area contributed by atoms with E-state index < -0.39 is 30.1 Å². The molecule has 7 heteroatoms. The first-order valence-electron chi connectivity index (χ1n) is 8.82. The van der Waals surface area contributed by atoms with Crippen molar-refractivity contribution in [1.82, 2.24) is 5.32 Å². The molecule has 1 N–H and O–H groups in total. The fraction of sp³-hybridized carbons (Fsp3) is 0.882. The van der Waals surface area contributed by atoms with Crippen LogP contribution in [-0.4, -0.2) is 37.2 Å². The Labute approximate surface area is 141 Å². The Bertz CT molecular complexity index is 428. The lowest BCUT2D eigenvalue weighted by Gasteiger charge is -2.29. The summed E-state index contributed by atoms with van der Waals surface area (Å²) in [5, 5.41) is 2.56. The molecule has 0 aromatic rings. The summed E-state index contributed by atoms with van der Waals surface area (Å²) < 4.78 is 36.2. The number of carbonyl (C=O) groups excluding carboxylic acids is 2. The number of esters is 1. The monoisotopic (exact) mass is 347 g/mol. The molecule has 0 radical (unpaired) electrons. The molecule has 24 heavy (non-hydrogen) atoms. The van der Waals surface area contributed by atoms with E-state index in [2.05, 4.69) is 5.32 Å². The van der Waals surface area contributed by atoms with Gasteiger partial charge in [-0.3, -0.25) is 0 Å². The summed E-state index contributed by atoms with van der Waals surface area (Å²) in [5.41, 5.74) is 0. The molecule has 2 aliphatic carbocycles. The van der Waals surface area contributed by atoms with Gasteiger partial charge in [-0.2, -0.15) is 0 Å². The van der Waals surface area contributed by atoms with E-state index in [1.165, 1.54) is 13.5 Å². The summed E-state index contributed by atoms with van der Waals surface area (Å²) in [6.45, 7) is 0. The topological polar surface area (TPSA) is 64.6 Å². The van der Waals surface area contributed by atoms with Gasteiger partial charge in [-0.15, -0.1) is 0 Å². The van der Waals surface area contributed by atoms with Gasteiger partial charge in [0.1, 0.15) is 12.1 Å². The summed E-state index contributed by atoms with van der Waals surface area (Å²) in [6.07, 6.45) is 4.61. The van der Waals surface area contributed by atoms with Crippen molar-refractivity contribution in [2.45, 2.75) is 82.3 Å². The van der Waals surface area contributed by atoms with E-state index in [4.69, 9.17) is 9.47 Å². The van der Waals surface area contributed by atoms with Crippen LogP contribution in [0, 0.1) is 5.92 Å². The van der Waals surface area contributed by atoms with Crippen LogP contribution in [0.15, 0.2) is 0 Å². The van der Waals surface area contributed by atoms with Gasteiger partial charge in [0.05, 0.1) is 7.11 Å². The van der Waals surface area contributed by atoms with Gasteiger partial charge < -0.3 is 14.8 Å². The molecule has 2 aliphatic rings. The van der Waals surface area contributed by atoms with Crippen LogP contribution in [0.3, 0.4) is 0 Å². The van der Waals surface area contributed by atoms with Crippen LogP contribution in [0.25, 0.3) is 0 Å². The normalized spacial score (nSPS) is 23.3. The highest BCUT2D eigenvalue weighted by molar-refractivity contribution is 5.81. The number of carbonyl (C=O) groups is 2. The first-order valence-corrected chi connectivity index (χ1v) is 8.82. The zero-order chi connectivity index (χ0) is 17.6. The van der Waals surface area contributed by atoms with Gasteiger partial charge in [0, 0.05) is 12.8 Å². The second-order valence-electron chi connectivity index (χ2n) is 6.92. The molecule has 5 nitrogen and oxygen atoms in total. The number of amides is 1. The van der Waals surface area contributed by atoms with E-state index in [1.54, 1.807) is 0 Å². The maximum atomic E-state index is 13.1. The smallest absolute Gasteiger partial charge is 0.408 e. The molecule has 1 amide bonds. The number of alkyl halides is 2. The average molecular weight is 347 g/mol. The molecule has 2 rings (SSSR count). The van der Waals surface area contributed by atoms with Crippen molar-refractivity contribution in [3.8, 4) is 0 Å². The molecular weight excluding hydrogens is 320 g/mol. The van der Waals surface area contributed by atoms with Crippen LogP contribution in [0.2, 0.25) is 0 Å². The predicted octanol–water partition coefficient (Wildman–Crippen LogP) is 3.80. The van der Waals surface area contributed by atoms with Crippen molar-refractivity contribution < 1.29 is 27.8 Å². The Hall–Kier alpha value is -1.40. The zero-order valence-electron chi connectivity index (χ0n) is 14.2. The van der Waals surface area contributed by atoms with Crippen LogP contribution in [-0.2, 0) is 14.3 Å². The molecule has 0 bridgehead atoms. The Morgan fingerprint density at radius 3 is 2.33 bits per heavy atom. The highest BCUT2D eigenvalue weighted by Crippen LogP contribution is 2.34. The molecule has 2 saturated carbocycles. The maximum absolute atomic E-state index is 13.1. The molecule has 2 fully saturated rings. The second kappa shape index (κ2) is 8.62. The maximum Gasteiger partial charge on any atom is 0.408 e. The number of ether oxygens (including phenoxy) is 2. The third-order valence-corrected chi connectivity index (χ3v) is 5.01. The zero-order valence-corrected chi connectivity index (χ0v) is 14.2. The number of methoxy groups -OCH3 is 1. The number of rotatable bonds is 5. The molecule has 0 saturated heterocycles. The Balaban J connectivity index is 1.81. The third-order valence-electron chi connectivity index (χ3n) is 5.01. The number of nitrogens with one attached hydrogen (secondary N) is 1. The lowest BCUT2D eigenvalue weighted by atomic mass is 9.85. The van der Waals surface area contributed by atoms with E-state index in [1.807, 2.05) is 0 Å². The minimum atomic E-state index is -2.66. The SMILES string of the molecule is COC(=O)[C@H](CC1CCCCC1)NC(=O)OC1CCC(F)(F)CC1. The minimum absolute atomic E-state index is 0.145. The highest BCUT2D eigenvalue weighted by Gasteiger charge is 2.36. The molecule has 0 aromatic heterocycles. The lowest BCUT2D eigenvalue weighted by Crippen LogP contribution is -2.44. The van der Waals surface area contributed by atoms with Gasteiger partial charge >= 0.3 is 12.1 Å². The molecule has 0 spiro atoms. The molecular formula is C17H27F2NO4. The fourth-order valence-corrected chi connectivity index (χ4v) is 3.57. The molecule has 1 atom stereocenters. The van der Waals surface area contributed by atoms with Crippen LogP contribution < -0.4 is 5.32 Å². The molecule has 0 unspecified atom stereocenters. The van der Waals surface area contributed by atoms with Crippen molar-refractivity contribution in [3.05, 3.63) is 0 Å². The van der Waals surface area contributed by atoms with E-state index in [9.17, 15) is 18.4 Å². The quantitative estimate of drug-likeness (QED) is 0.768. The van der Waals surface area contributed by atoms with E-state index in [0.717, 1.165) is 25.7 Å². The minimum Gasteiger partial charge on any atom is -0.467 e. The van der Waals surface area contributed by atoms with Gasteiger partial charge in [0.25, 0.3) is 0 Å². The van der Waals surface area contributed by atoms with Gasteiger partial charge in [-0.05, 0) is 25.2 Å². The second-order valence-corrected chi connectivity index (χ2v) is 6.92. The van der Waals surface area contributed by atoms with Crippen molar-refractivity contribution in [2.75, 3.05) is 7.11 Å². The van der Waals surface area contributed by atoms with Gasteiger partial charge in [-0.25, -0.2) is 18.4 Å². The first-order chi connectivity index (χ1) is 11.4. The summed E-state index contributed by atoms with van der Waals surface area (Å²) in [4.78, 5) is 23.9. The number of hydrogen-bond donors (Lipinski definition) is 1. The van der Waals surface area contributed by atoms with Gasteiger partial charge in [-0.1, -0.05) is 32.1 Å². The van der Waals surface area contributed by atoms with Crippen molar-refractivity contribution in [3.63, 3.8) is 0 Å². The fourth-order valence-electron chi connectivity index (χ4n) is 3.57. The summed E-state index contributed by atoms with van der Waals surface area (Å²) in [7, 11) is 1.28. The molecule has 0 aliphatic heterocycles. The molecule has 0 heterocycles. The Kier molecular flexibility index (Phi) is 6.80. The van der Waals surface area contributed by atoms with Crippen LogP contribution in [0.5, 0.6) is 0 Å².